The highest BCUT2D eigenvalue weighted by atomic mass is 35.5. The molecule has 2 aliphatic heterocycles. The molecule has 1 aromatic heterocycles. The minimum absolute atomic E-state index is 0.170. The molecule has 0 bridgehead atoms. The summed E-state index contributed by atoms with van der Waals surface area (Å²) >= 11 is 8.33. The number of piperazine rings is 1. The van der Waals surface area contributed by atoms with E-state index in [0.29, 0.717) is 0 Å². The fourth-order valence-corrected chi connectivity index (χ4v) is 4.19. The Labute approximate surface area is 138 Å². The van der Waals surface area contributed by atoms with Gasteiger partial charge in [-0.1, -0.05) is 17.7 Å². The number of halogens is 1. The van der Waals surface area contributed by atoms with Crippen LogP contribution in [-0.4, -0.2) is 37.9 Å². The van der Waals surface area contributed by atoms with E-state index in [4.69, 9.17) is 21.1 Å². The average Bonchev–Trinajstić information content (AvgIpc) is 3.20. The van der Waals surface area contributed by atoms with Gasteiger partial charge in [0.15, 0.2) is 11.5 Å². The van der Waals surface area contributed by atoms with E-state index in [0.717, 1.165) is 48.3 Å². The molecule has 22 heavy (non-hydrogen) atoms. The zero-order valence-electron chi connectivity index (χ0n) is 12.0. The van der Waals surface area contributed by atoms with Crippen molar-refractivity contribution >= 4 is 22.9 Å². The lowest BCUT2D eigenvalue weighted by atomic mass is 10.0. The summed E-state index contributed by atoms with van der Waals surface area (Å²) in [5, 5.41) is 6.26. The Morgan fingerprint density at radius 1 is 1.18 bits per heavy atom. The second-order valence-electron chi connectivity index (χ2n) is 5.43. The molecule has 1 N–H and O–H groups in total. The molecule has 1 aromatic carbocycles. The summed E-state index contributed by atoms with van der Waals surface area (Å²) in [7, 11) is 0. The van der Waals surface area contributed by atoms with E-state index in [9.17, 15) is 0 Å². The first kappa shape index (κ1) is 14.3. The van der Waals surface area contributed by atoms with E-state index in [2.05, 4.69) is 27.7 Å². The SMILES string of the molecule is Clc1cc2c(cc1[C@@H](c1cccs1)N1CCNCC1)OCO2. The van der Waals surface area contributed by atoms with Crippen molar-refractivity contribution in [1.29, 1.82) is 0 Å². The van der Waals surface area contributed by atoms with Crippen LogP contribution in [0.3, 0.4) is 0 Å². The van der Waals surface area contributed by atoms with Crippen LogP contribution >= 0.6 is 22.9 Å². The average molecular weight is 337 g/mol. The fraction of sp³-hybridized carbons (Fsp3) is 0.375. The second kappa shape index (κ2) is 6.08. The van der Waals surface area contributed by atoms with E-state index in [-0.39, 0.29) is 12.8 Å². The van der Waals surface area contributed by atoms with Crippen molar-refractivity contribution in [2.24, 2.45) is 0 Å². The van der Waals surface area contributed by atoms with E-state index in [1.807, 2.05) is 12.1 Å². The molecule has 6 heteroatoms. The molecule has 0 saturated carbocycles. The molecule has 1 fully saturated rings. The molecule has 1 atom stereocenters. The summed E-state index contributed by atoms with van der Waals surface area (Å²) in [4.78, 5) is 3.79. The maximum absolute atomic E-state index is 6.57. The minimum atomic E-state index is 0.170. The van der Waals surface area contributed by atoms with Crippen molar-refractivity contribution < 1.29 is 9.47 Å². The summed E-state index contributed by atoms with van der Waals surface area (Å²) < 4.78 is 11.0. The Kier molecular flexibility index (Phi) is 3.96. The third kappa shape index (κ3) is 2.58. The number of ether oxygens (including phenoxy) is 2. The Balaban J connectivity index is 1.77. The molecular weight excluding hydrogens is 320 g/mol. The molecule has 0 unspecified atom stereocenters. The van der Waals surface area contributed by atoms with Crippen LogP contribution in [0.25, 0.3) is 0 Å². The first-order chi connectivity index (χ1) is 10.8. The minimum Gasteiger partial charge on any atom is -0.454 e. The van der Waals surface area contributed by atoms with Gasteiger partial charge in [0.25, 0.3) is 0 Å². The molecule has 2 aliphatic rings. The van der Waals surface area contributed by atoms with E-state index >= 15 is 0 Å². The molecular formula is C16H17ClN2O2S. The monoisotopic (exact) mass is 336 g/mol. The Morgan fingerprint density at radius 2 is 1.95 bits per heavy atom. The number of nitrogens with zero attached hydrogens (tertiary/aromatic N) is 1. The van der Waals surface area contributed by atoms with Gasteiger partial charge in [-0.15, -0.1) is 11.3 Å². The molecule has 4 rings (SSSR count). The first-order valence-electron chi connectivity index (χ1n) is 7.40. The van der Waals surface area contributed by atoms with Crippen LogP contribution < -0.4 is 14.8 Å². The van der Waals surface area contributed by atoms with Gasteiger partial charge >= 0.3 is 0 Å². The molecule has 0 radical (unpaired) electrons. The largest absolute Gasteiger partial charge is 0.454 e. The van der Waals surface area contributed by atoms with Gasteiger partial charge in [-0.05, 0) is 23.1 Å². The van der Waals surface area contributed by atoms with E-state index in [1.165, 1.54) is 4.88 Å². The zero-order valence-corrected chi connectivity index (χ0v) is 13.6. The summed E-state index contributed by atoms with van der Waals surface area (Å²) in [6.45, 7) is 4.29. The van der Waals surface area contributed by atoms with Gasteiger partial charge in [-0.2, -0.15) is 0 Å². The van der Waals surface area contributed by atoms with Crippen molar-refractivity contribution in [3.63, 3.8) is 0 Å². The van der Waals surface area contributed by atoms with Gasteiger partial charge < -0.3 is 14.8 Å². The number of hydrogen-bond donors (Lipinski definition) is 1. The first-order valence-corrected chi connectivity index (χ1v) is 8.66. The lowest BCUT2D eigenvalue weighted by molar-refractivity contribution is 0.173. The van der Waals surface area contributed by atoms with Crippen molar-refractivity contribution in [2.75, 3.05) is 33.0 Å². The highest BCUT2D eigenvalue weighted by molar-refractivity contribution is 7.10. The summed E-state index contributed by atoms with van der Waals surface area (Å²) in [6, 6.07) is 8.36. The van der Waals surface area contributed by atoms with Crippen LogP contribution in [0.4, 0.5) is 0 Å². The number of benzene rings is 1. The van der Waals surface area contributed by atoms with E-state index in [1.54, 1.807) is 11.3 Å². The number of rotatable bonds is 3. The number of nitrogens with one attached hydrogen (secondary N) is 1. The molecule has 3 heterocycles. The highest BCUT2D eigenvalue weighted by Gasteiger charge is 2.28. The molecule has 0 aliphatic carbocycles. The van der Waals surface area contributed by atoms with Crippen LogP contribution in [0.5, 0.6) is 11.5 Å². The van der Waals surface area contributed by atoms with E-state index < -0.39 is 0 Å². The summed E-state index contributed by atoms with van der Waals surface area (Å²) in [5.41, 5.74) is 1.09. The van der Waals surface area contributed by atoms with Gasteiger partial charge in [0, 0.05) is 42.1 Å². The van der Waals surface area contributed by atoms with Crippen LogP contribution in [0.2, 0.25) is 5.02 Å². The van der Waals surface area contributed by atoms with Crippen LogP contribution in [0.15, 0.2) is 29.6 Å². The Bertz CT molecular complexity index is 656. The van der Waals surface area contributed by atoms with Gasteiger partial charge in [-0.3, -0.25) is 4.90 Å². The van der Waals surface area contributed by atoms with Crippen LogP contribution in [-0.2, 0) is 0 Å². The normalized spacial score (nSPS) is 19.3. The van der Waals surface area contributed by atoms with Crippen molar-refractivity contribution in [1.82, 2.24) is 10.2 Å². The van der Waals surface area contributed by atoms with Crippen LogP contribution in [0, 0.1) is 0 Å². The van der Waals surface area contributed by atoms with Gasteiger partial charge in [0.1, 0.15) is 0 Å². The maximum Gasteiger partial charge on any atom is 0.231 e. The molecule has 116 valence electrons. The van der Waals surface area contributed by atoms with Gasteiger partial charge in [-0.25, -0.2) is 0 Å². The van der Waals surface area contributed by atoms with Gasteiger partial charge in [0.05, 0.1) is 6.04 Å². The predicted octanol–water partition coefficient (Wildman–Crippen LogP) is 3.12. The predicted molar refractivity (Wildman–Crippen MR) is 88.2 cm³/mol. The summed E-state index contributed by atoms with van der Waals surface area (Å²) in [5.74, 6) is 1.52. The molecule has 1 saturated heterocycles. The zero-order chi connectivity index (χ0) is 14.9. The molecule has 0 spiro atoms. The van der Waals surface area contributed by atoms with Crippen molar-refractivity contribution in [3.05, 3.63) is 45.1 Å². The topological polar surface area (TPSA) is 33.7 Å². The van der Waals surface area contributed by atoms with Crippen LogP contribution in [0.1, 0.15) is 16.5 Å². The summed E-state index contributed by atoms with van der Waals surface area (Å²) in [6.07, 6.45) is 0. The Hall–Kier alpha value is -1.27. The third-order valence-corrected chi connectivity index (χ3v) is 5.37. The lowest BCUT2D eigenvalue weighted by Crippen LogP contribution is -2.45. The van der Waals surface area contributed by atoms with Gasteiger partial charge in [0.2, 0.25) is 6.79 Å². The van der Waals surface area contributed by atoms with Crippen molar-refractivity contribution in [2.45, 2.75) is 6.04 Å². The second-order valence-corrected chi connectivity index (χ2v) is 6.82. The van der Waals surface area contributed by atoms with Crippen molar-refractivity contribution in [3.8, 4) is 11.5 Å². The quantitative estimate of drug-likeness (QED) is 0.933. The Morgan fingerprint density at radius 3 is 2.68 bits per heavy atom. The standard InChI is InChI=1S/C16H17ClN2O2S/c17-12-9-14-13(20-10-21-14)8-11(12)16(15-2-1-7-22-15)19-5-3-18-4-6-19/h1-2,7-9,16,18H,3-6,10H2/t16-/m0/s1. The highest BCUT2D eigenvalue weighted by Crippen LogP contribution is 2.43. The number of hydrogen-bond acceptors (Lipinski definition) is 5. The number of fused-ring (bicyclic) bond motifs is 1. The third-order valence-electron chi connectivity index (χ3n) is 4.12. The molecule has 2 aromatic rings. The maximum atomic E-state index is 6.57. The molecule has 4 nitrogen and oxygen atoms in total. The number of thiophene rings is 1. The lowest BCUT2D eigenvalue weighted by Gasteiger charge is -2.35. The fourth-order valence-electron chi connectivity index (χ4n) is 3.06. The molecule has 0 amide bonds. The smallest absolute Gasteiger partial charge is 0.231 e.